The molecule has 2 aliphatic rings. The van der Waals surface area contributed by atoms with Crippen molar-refractivity contribution in [3.63, 3.8) is 0 Å². The predicted octanol–water partition coefficient (Wildman–Crippen LogP) is 1.61. The van der Waals surface area contributed by atoms with E-state index < -0.39 is 22.2 Å². The number of Topliss-reactive ketones (excluding diaryl/α,β-unsaturated/α-hetero) is 1. The van der Waals surface area contributed by atoms with Crippen LogP contribution in [0.2, 0.25) is 0 Å². The zero-order valence-electron chi connectivity index (χ0n) is 15.2. The number of sulfonamides is 1. The van der Waals surface area contributed by atoms with Crippen LogP contribution >= 0.6 is 0 Å². The second-order valence-electron chi connectivity index (χ2n) is 7.11. The van der Waals surface area contributed by atoms with Gasteiger partial charge in [-0.3, -0.25) is 4.79 Å². The highest BCUT2D eigenvalue weighted by Gasteiger charge is 2.51. The van der Waals surface area contributed by atoms with E-state index in [4.69, 9.17) is 9.47 Å². The quantitative estimate of drug-likeness (QED) is 0.760. The van der Waals surface area contributed by atoms with Crippen molar-refractivity contribution in [1.82, 2.24) is 4.72 Å². The maximum absolute atomic E-state index is 12.8. The molecule has 4 atom stereocenters. The Balaban J connectivity index is 1.63. The van der Waals surface area contributed by atoms with E-state index in [-0.39, 0.29) is 29.3 Å². The predicted molar refractivity (Wildman–Crippen MR) is 101 cm³/mol. The van der Waals surface area contributed by atoms with Gasteiger partial charge >= 0.3 is 0 Å². The van der Waals surface area contributed by atoms with E-state index in [9.17, 15) is 18.3 Å². The van der Waals surface area contributed by atoms with Gasteiger partial charge in [0.1, 0.15) is 12.7 Å². The van der Waals surface area contributed by atoms with Gasteiger partial charge < -0.3 is 14.6 Å². The van der Waals surface area contributed by atoms with Crippen LogP contribution in [0.4, 0.5) is 0 Å². The summed E-state index contributed by atoms with van der Waals surface area (Å²) in [6.45, 7) is 1.37. The number of ether oxygens (including phenoxy) is 2. The Labute approximate surface area is 163 Å². The van der Waals surface area contributed by atoms with Crippen molar-refractivity contribution in [3.05, 3.63) is 54.1 Å². The molecule has 0 aromatic heterocycles. The van der Waals surface area contributed by atoms with Crippen LogP contribution < -0.4 is 14.2 Å². The molecule has 4 unspecified atom stereocenters. The first-order chi connectivity index (χ1) is 13.4. The summed E-state index contributed by atoms with van der Waals surface area (Å²) >= 11 is 0. The monoisotopic (exact) mass is 403 g/mol. The molecule has 4 rings (SSSR count). The first kappa shape index (κ1) is 18.9. The number of aliphatic hydroxyl groups is 1. The van der Waals surface area contributed by atoms with Crippen LogP contribution in [0.3, 0.4) is 0 Å². The number of fused-ring (bicyclic) bond motifs is 3. The van der Waals surface area contributed by atoms with Crippen LogP contribution in [0.15, 0.2) is 53.4 Å². The molecule has 1 saturated carbocycles. The summed E-state index contributed by atoms with van der Waals surface area (Å²) < 4.78 is 39.7. The number of carbonyl (C=O) groups is 1. The molecule has 0 saturated heterocycles. The van der Waals surface area contributed by atoms with Gasteiger partial charge in [-0.15, -0.1) is 0 Å². The van der Waals surface area contributed by atoms with Gasteiger partial charge in [-0.25, -0.2) is 13.1 Å². The molecule has 2 aromatic carbocycles. The van der Waals surface area contributed by atoms with Gasteiger partial charge in [0, 0.05) is 17.9 Å². The lowest BCUT2D eigenvalue weighted by atomic mass is 9.94. The first-order valence-electron chi connectivity index (χ1n) is 9.04. The second-order valence-corrected chi connectivity index (χ2v) is 8.82. The molecule has 1 fully saturated rings. The van der Waals surface area contributed by atoms with Crippen molar-refractivity contribution in [2.45, 2.75) is 42.4 Å². The van der Waals surface area contributed by atoms with Gasteiger partial charge in [-0.1, -0.05) is 30.3 Å². The molecular weight excluding hydrogens is 382 g/mol. The second kappa shape index (κ2) is 7.20. The Morgan fingerprint density at radius 1 is 1.21 bits per heavy atom. The van der Waals surface area contributed by atoms with Crippen molar-refractivity contribution in [2.24, 2.45) is 0 Å². The highest BCUT2D eigenvalue weighted by atomic mass is 32.2. The normalized spacial score (nSPS) is 25.6. The number of aliphatic hydroxyl groups excluding tert-OH is 1. The van der Waals surface area contributed by atoms with Crippen LogP contribution in [-0.2, 0) is 14.8 Å². The summed E-state index contributed by atoms with van der Waals surface area (Å²) in [7, 11) is -3.79. The third-order valence-corrected chi connectivity index (χ3v) is 6.56. The fourth-order valence-electron chi connectivity index (χ4n) is 3.88. The van der Waals surface area contributed by atoms with Gasteiger partial charge in [0.2, 0.25) is 10.0 Å². The summed E-state index contributed by atoms with van der Waals surface area (Å²) in [6, 6.07) is 12.6. The molecule has 148 valence electrons. The molecule has 28 heavy (non-hydrogen) atoms. The molecule has 8 heteroatoms. The number of ketones is 1. The van der Waals surface area contributed by atoms with Gasteiger partial charge in [-0.2, -0.15) is 0 Å². The SMILES string of the molecule is CC(=O)COc1cccc2c1OC1CC(O)C(NS(=O)(=O)c3ccccc3)C21. The zero-order valence-corrected chi connectivity index (χ0v) is 16.1. The molecule has 2 N–H and O–H groups in total. The molecule has 1 heterocycles. The molecule has 0 radical (unpaired) electrons. The molecule has 7 nitrogen and oxygen atoms in total. The van der Waals surface area contributed by atoms with Gasteiger partial charge in [-0.05, 0) is 25.1 Å². The van der Waals surface area contributed by atoms with Crippen LogP contribution in [0.1, 0.15) is 24.8 Å². The van der Waals surface area contributed by atoms with E-state index in [1.807, 2.05) is 6.07 Å². The Morgan fingerprint density at radius 2 is 1.96 bits per heavy atom. The van der Waals surface area contributed by atoms with Crippen molar-refractivity contribution in [2.75, 3.05) is 6.61 Å². The van der Waals surface area contributed by atoms with Crippen molar-refractivity contribution in [1.29, 1.82) is 0 Å². The summed E-state index contributed by atoms with van der Waals surface area (Å²) in [5.41, 5.74) is 0.767. The number of para-hydroxylation sites is 1. The average molecular weight is 403 g/mol. The number of benzene rings is 2. The van der Waals surface area contributed by atoms with Crippen molar-refractivity contribution < 1.29 is 27.8 Å². The van der Waals surface area contributed by atoms with Crippen LogP contribution in [0, 0.1) is 0 Å². The molecule has 0 spiro atoms. The molecule has 2 aromatic rings. The minimum atomic E-state index is -3.79. The van der Waals surface area contributed by atoms with E-state index in [2.05, 4.69) is 4.72 Å². The van der Waals surface area contributed by atoms with Crippen LogP contribution in [0.25, 0.3) is 0 Å². The van der Waals surface area contributed by atoms with E-state index in [1.165, 1.54) is 19.1 Å². The highest BCUT2D eigenvalue weighted by Crippen LogP contribution is 2.51. The number of rotatable bonds is 6. The van der Waals surface area contributed by atoms with Crippen molar-refractivity contribution >= 4 is 15.8 Å². The first-order valence-corrected chi connectivity index (χ1v) is 10.5. The number of hydrogen-bond acceptors (Lipinski definition) is 6. The fraction of sp³-hybridized carbons (Fsp3) is 0.350. The highest BCUT2D eigenvalue weighted by molar-refractivity contribution is 7.89. The van der Waals surface area contributed by atoms with Crippen LogP contribution in [-0.4, -0.2) is 44.2 Å². The molecule has 0 bridgehead atoms. The number of carbonyl (C=O) groups excluding carboxylic acids is 1. The van der Waals surface area contributed by atoms with Gasteiger partial charge in [0.15, 0.2) is 17.3 Å². The molecular formula is C20H21NO6S. The molecule has 1 aliphatic heterocycles. The van der Waals surface area contributed by atoms with E-state index >= 15 is 0 Å². The fourth-order valence-corrected chi connectivity index (χ4v) is 5.19. The van der Waals surface area contributed by atoms with Gasteiger partial charge in [0.05, 0.1) is 17.0 Å². The lowest BCUT2D eigenvalue weighted by Crippen LogP contribution is -2.43. The maximum Gasteiger partial charge on any atom is 0.240 e. The summed E-state index contributed by atoms with van der Waals surface area (Å²) in [4.78, 5) is 11.4. The third-order valence-electron chi connectivity index (χ3n) is 5.09. The summed E-state index contributed by atoms with van der Waals surface area (Å²) in [5.74, 6) is 0.500. The molecule has 0 amide bonds. The smallest absolute Gasteiger partial charge is 0.240 e. The van der Waals surface area contributed by atoms with E-state index in [0.29, 0.717) is 17.9 Å². The largest absolute Gasteiger partial charge is 0.485 e. The minimum Gasteiger partial charge on any atom is -0.485 e. The topological polar surface area (TPSA) is 102 Å². The Bertz CT molecular complexity index is 991. The third kappa shape index (κ3) is 3.39. The summed E-state index contributed by atoms with van der Waals surface area (Å²) in [6.07, 6.45) is -0.938. The lowest BCUT2D eigenvalue weighted by molar-refractivity contribution is -0.118. The minimum absolute atomic E-state index is 0.0676. The maximum atomic E-state index is 12.8. The van der Waals surface area contributed by atoms with Gasteiger partial charge in [0.25, 0.3) is 0 Å². The lowest BCUT2D eigenvalue weighted by Gasteiger charge is -2.22. The van der Waals surface area contributed by atoms with E-state index in [0.717, 1.165) is 5.56 Å². The Morgan fingerprint density at radius 3 is 2.68 bits per heavy atom. The summed E-state index contributed by atoms with van der Waals surface area (Å²) in [5, 5.41) is 10.5. The number of hydrogen-bond donors (Lipinski definition) is 2. The number of nitrogens with one attached hydrogen (secondary N) is 1. The molecule has 1 aliphatic carbocycles. The Kier molecular flexibility index (Phi) is 4.86. The van der Waals surface area contributed by atoms with Crippen molar-refractivity contribution in [3.8, 4) is 11.5 Å². The average Bonchev–Trinajstić information content (AvgIpc) is 3.17. The standard InChI is InChI=1S/C20H21NO6S/c1-12(22)11-26-16-9-5-8-14-18-17(27-20(14)16)10-15(23)19(18)21-28(24,25)13-6-3-2-4-7-13/h2-9,15,17-19,21,23H,10-11H2,1H3. The Hall–Kier alpha value is -2.42. The van der Waals surface area contributed by atoms with E-state index in [1.54, 1.807) is 30.3 Å². The van der Waals surface area contributed by atoms with Crippen LogP contribution in [0.5, 0.6) is 11.5 Å². The zero-order chi connectivity index (χ0) is 19.9.